The number of nitrogen functional groups attached to an aromatic ring is 1. The molecular weight excluding hydrogens is 544 g/mol. The fraction of sp³-hybridized carbons (Fsp3) is 0.286. The molecule has 0 aromatic carbocycles. The number of thiazole rings is 1. The second kappa shape index (κ2) is 11.2. The van der Waals surface area contributed by atoms with Gasteiger partial charge in [0.25, 0.3) is 11.8 Å². The van der Waals surface area contributed by atoms with Crippen molar-refractivity contribution in [3.8, 4) is 0 Å². The second-order valence-corrected chi connectivity index (χ2v) is 10.7. The molecule has 4 rings (SSSR count). The first-order valence-corrected chi connectivity index (χ1v) is 13.4. The van der Waals surface area contributed by atoms with Crippen LogP contribution in [0, 0.1) is 0 Å². The van der Waals surface area contributed by atoms with Crippen molar-refractivity contribution in [3.63, 3.8) is 0 Å². The number of pyridine rings is 1. The molecule has 2 aliphatic rings. The molecule has 2 atom stereocenters. The van der Waals surface area contributed by atoms with Crippen LogP contribution in [-0.4, -0.2) is 80.3 Å². The zero-order valence-corrected chi connectivity index (χ0v) is 21.6. The molecular formula is C21H21N6O7S3+. The Morgan fingerprint density at radius 1 is 1.38 bits per heavy atom. The number of hydrogen-bond donors (Lipinski definition) is 4. The van der Waals surface area contributed by atoms with Crippen LogP contribution < -0.4 is 15.6 Å². The summed E-state index contributed by atoms with van der Waals surface area (Å²) in [6.45, 7) is -0.239. The molecule has 0 spiro atoms. The highest BCUT2D eigenvalue weighted by atomic mass is 32.2. The molecule has 4 heterocycles. The van der Waals surface area contributed by atoms with Crippen molar-refractivity contribution in [3.05, 3.63) is 46.1 Å². The monoisotopic (exact) mass is 565 g/mol. The average molecular weight is 566 g/mol. The number of aliphatic carboxylic acids is 2. The number of nitrogens with two attached hydrogens (primary N) is 1. The van der Waals surface area contributed by atoms with E-state index in [-0.39, 0.29) is 34.5 Å². The van der Waals surface area contributed by atoms with Crippen LogP contribution in [0.5, 0.6) is 0 Å². The summed E-state index contributed by atoms with van der Waals surface area (Å²) in [5.74, 6) is -2.96. The van der Waals surface area contributed by atoms with Crippen molar-refractivity contribution in [1.29, 1.82) is 0 Å². The van der Waals surface area contributed by atoms with Crippen LogP contribution in [0.25, 0.3) is 0 Å². The number of rotatable bonds is 10. The summed E-state index contributed by atoms with van der Waals surface area (Å²) < 4.78 is 1.54. The number of thioether (sulfide) groups is 2. The van der Waals surface area contributed by atoms with Crippen LogP contribution in [0.15, 0.2) is 50.6 Å². The van der Waals surface area contributed by atoms with Crippen LogP contribution in [0.2, 0.25) is 0 Å². The topological polar surface area (TPSA) is 188 Å². The van der Waals surface area contributed by atoms with Crippen LogP contribution in [0.3, 0.4) is 0 Å². The predicted octanol–water partition coefficient (Wildman–Crippen LogP) is -0.0212. The standard InChI is InChI=1S/C21H20N6O7S3/c1-34-25-15(10-7-37-21(22)23-10)18(30)24-16-11-8-35-12(17(20(32)33)27(11)19(16)31)9-36-13-4-2-3-5-26(13)6-14(28)29/h2-5,7,11,16H,6,8-9H2,1H3,(H4-,22,23,24,28,29,30,32,33)/p+1/b25-15-/t11-,16+/m1/s1. The van der Waals surface area contributed by atoms with Gasteiger partial charge in [-0.2, -0.15) is 4.57 Å². The van der Waals surface area contributed by atoms with E-state index in [9.17, 15) is 24.3 Å². The van der Waals surface area contributed by atoms with Gasteiger partial charge in [0, 0.05) is 33.9 Å². The SMILES string of the molecule is CO/N=C(\C(=O)N[C@@H]1C(=O)N2C(C(=O)O)=C(CSc3cccc[n+]3CC(=O)O)SC[C@H]12)c1csc(N)n1. The van der Waals surface area contributed by atoms with E-state index in [0.717, 1.165) is 11.3 Å². The summed E-state index contributed by atoms with van der Waals surface area (Å²) in [4.78, 5) is 59.5. The van der Waals surface area contributed by atoms with E-state index in [1.165, 1.54) is 40.9 Å². The molecule has 13 nitrogen and oxygen atoms in total. The maximum Gasteiger partial charge on any atom is 0.370 e. The lowest BCUT2D eigenvalue weighted by Gasteiger charge is -2.49. The summed E-state index contributed by atoms with van der Waals surface area (Å²) in [6.07, 6.45) is 1.63. The highest BCUT2D eigenvalue weighted by Crippen LogP contribution is 2.40. The van der Waals surface area contributed by atoms with Gasteiger partial charge in [0.1, 0.15) is 24.5 Å². The zero-order valence-electron chi connectivity index (χ0n) is 19.2. The first kappa shape index (κ1) is 26.4. The maximum atomic E-state index is 13.0. The van der Waals surface area contributed by atoms with Crippen LogP contribution in [-0.2, 0) is 30.6 Å². The Morgan fingerprint density at radius 3 is 2.81 bits per heavy atom. The maximum absolute atomic E-state index is 13.0. The number of amides is 2. The summed E-state index contributed by atoms with van der Waals surface area (Å²) in [7, 11) is 1.26. The van der Waals surface area contributed by atoms with Crippen molar-refractivity contribution < 1.29 is 38.8 Å². The lowest BCUT2D eigenvalue weighted by molar-refractivity contribution is -0.722. The lowest BCUT2D eigenvalue weighted by atomic mass is 9.94. The first-order valence-electron chi connectivity index (χ1n) is 10.6. The van der Waals surface area contributed by atoms with E-state index in [2.05, 4.69) is 15.5 Å². The number of hydrogen-bond acceptors (Lipinski definition) is 11. The number of anilines is 1. The summed E-state index contributed by atoms with van der Waals surface area (Å²) in [6, 6.07) is 3.67. The number of fused-ring (bicyclic) bond motifs is 1. The van der Waals surface area contributed by atoms with Gasteiger partial charge < -0.3 is 26.1 Å². The fourth-order valence-electron chi connectivity index (χ4n) is 3.78. The van der Waals surface area contributed by atoms with E-state index in [1.807, 2.05) is 0 Å². The number of nitrogens with one attached hydrogen (secondary N) is 1. The van der Waals surface area contributed by atoms with Gasteiger partial charge in [-0.3, -0.25) is 14.5 Å². The Balaban J connectivity index is 1.49. The Bertz CT molecular complexity index is 1330. The average Bonchev–Trinajstić information content (AvgIpc) is 3.29. The first-order chi connectivity index (χ1) is 17.7. The molecule has 0 radical (unpaired) electrons. The number of carboxylic acids is 2. The lowest BCUT2D eigenvalue weighted by Crippen LogP contribution is -2.73. The molecule has 2 aromatic heterocycles. The largest absolute Gasteiger partial charge is 0.477 e. The van der Waals surface area contributed by atoms with Gasteiger partial charge >= 0.3 is 11.9 Å². The van der Waals surface area contributed by atoms with E-state index in [4.69, 9.17) is 15.7 Å². The van der Waals surface area contributed by atoms with Gasteiger partial charge in [-0.25, -0.2) is 14.6 Å². The highest BCUT2D eigenvalue weighted by molar-refractivity contribution is 8.06. The molecule has 1 saturated heterocycles. The fourth-order valence-corrected chi connectivity index (χ4v) is 6.76. The molecule has 5 N–H and O–H groups in total. The number of carbonyl (C=O) groups is 4. The molecule has 0 aliphatic carbocycles. The Hall–Kier alpha value is -3.63. The number of carbonyl (C=O) groups excluding carboxylic acids is 2. The van der Waals surface area contributed by atoms with Crippen LogP contribution in [0.4, 0.5) is 5.13 Å². The molecule has 0 saturated carbocycles. The van der Waals surface area contributed by atoms with Gasteiger partial charge in [-0.05, 0) is 6.07 Å². The third-order valence-electron chi connectivity index (χ3n) is 5.36. The number of oxime groups is 1. The molecule has 1 fully saturated rings. The third-order valence-corrected chi connectivity index (χ3v) is 8.51. The summed E-state index contributed by atoms with van der Waals surface area (Å²) in [5.41, 5.74) is 5.52. The minimum Gasteiger partial charge on any atom is -0.477 e. The Kier molecular flexibility index (Phi) is 7.99. The van der Waals surface area contributed by atoms with Crippen molar-refractivity contribution in [2.75, 3.05) is 24.3 Å². The van der Waals surface area contributed by atoms with E-state index < -0.39 is 35.8 Å². The molecule has 2 amide bonds. The second-order valence-electron chi connectivity index (χ2n) is 7.66. The van der Waals surface area contributed by atoms with Gasteiger partial charge in [0.2, 0.25) is 11.6 Å². The van der Waals surface area contributed by atoms with Gasteiger partial charge in [0.05, 0.1) is 6.04 Å². The zero-order chi connectivity index (χ0) is 26.7. The summed E-state index contributed by atoms with van der Waals surface area (Å²) in [5, 5.41) is 27.7. The van der Waals surface area contributed by atoms with Crippen LogP contribution in [0.1, 0.15) is 5.69 Å². The minimum absolute atomic E-state index is 0.150. The molecule has 194 valence electrons. The normalized spacial score (nSPS) is 19.2. The number of β-lactam (4-membered cyclic amide) rings is 1. The van der Waals surface area contributed by atoms with E-state index in [1.54, 1.807) is 29.0 Å². The van der Waals surface area contributed by atoms with Crippen LogP contribution >= 0.6 is 34.9 Å². The number of aromatic nitrogens is 2. The Labute approximate surface area is 222 Å². The minimum atomic E-state index is -1.27. The van der Waals surface area contributed by atoms with Crippen molar-refractivity contribution in [2.45, 2.75) is 23.7 Å². The molecule has 2 aromatic rings. The van der Waals surface area contributed by atoms with Crippen molar-refractivity contribution in [2.24, 2.45) is 5.16 Å². The highest BCUT2D eigenvalue weighted by Gasteiger charge is 2.54. The Morgan fingerprint density at radius 2 is 2.16 bits per heavy atom. The van der Waals surface area contributed by atoms with Crippen molar-refractivity contribution >= 4 is 69.5 Å². The molecule has 16 heteroatoms. The predicted molar refractivity (Wildman–Crippen MR) is 135 cm³/mol. The number of carboxylic acid groups (broad SMARTS) is 2. The van der Waals surface area contributed by atoms with Gasteiger partial charge in [-0.15, -0.1) is 23.1 Å². The quantitative estimate of drug-likeness (QED) is 0.0996. The molecule has 37 heavy (non-hydrogen) atoms. The van der Waals surface area contributed by atoms with Crippen molar-refractivity contribution in [1.82, 2.24) is 15.2 Å². The van der Waals surface area contributed by atoms with E-state index in [0.29, 0.717) is 15.7 Å². The van der Waals surface area contributed by atoms with Gasteiger partial charge in [-0.1, -0.05) is 16.9 Å². The van der Waals surface area contributed by atoms with E-state index >= 15 is 0 Å². The molecule has 2 aliphatic heterocycles. The van der Waals surface area contributed by atoms with Gasteiger partial charge in [0.15, 0.2) is 17.0 Å². The molecule has 0 unspecified atom stereocenters. The smallest absolute Gasteiger partial charge is 0.370 e. The number of nitrogens with zero attached hydrogens (tertiary/aromatic N) is 4. The summed E-state index contributed by atoms with van der Waals surface area (Å²) >= 11 is 3.66. The molecule has 0 bridgehead atoms. The third kappa shape index (κ3) is 5.55.